The third-order valence-electron chi connectivity index (χ3n) is 3.47. The van der Waals surface area contributed by atoms with E-state index in [9.17, 15) is 30.1 Å². The molecule has 12 nitrogen and oxygen atoms in total. The number of hydrogen-bond acceptors (Lipinski definition) is 9. The standard InChI is InChI=1S/C17H15BrN4O8/c1-2-29-15-7-12(21(25)26)5-10(17(15)24)8-19-20-16(23)9-30-14-4-3-11(18)6-13(14)22(27)28/h3-8,24H,2,9H2,1H3,(H,20,23). The molecule has 0 aliphatic heterocycles. The normalized spacial score (nSPS) is 10.6. The Hall–Kier alpha value is -3.74. The van der Waals surface area contributed by atoms with Crippen LogP contribution in [0.4, 0.5) is 11.4 Å². The number of hydrazone groups is 1. The zero-order valence-electron chi connectivity index (χ0n) is 15.4. The van der Waals surface area contributed by atoms with E-state index >= 15 is 0 Å². The minimum absolute atomic E-state index is 0.0579. The number of benzene rings is 2. The van der Waals surface area contributed by atoms with Crippen molar-refractivity contribution in [1.29, 1.82) is 0 Å². The number of carbonyl (C=O) groups excluding carboxylic acids is 1. The monoisotopic (exact) mass is 482 g/mol. The van der Waals surface area contributed by atoms with Gasteiger partial charge in [-0.05, 0) is 19.1 Å². The van der Waals surface area contributed by atoms with Gasteiger partial charge in [0.05, 0.1) is 28.7 Å². The van der Waals surface area contributed by atoms with Crippen molar-refractivity contribution in [1.82, 2.24) is 5.43 Å². The van der Waals surface area contributed by atoms with Gasteiger partial charge in [0.15, 0.2) is 23.9 Å². The third kappa shape index (κ3) is 5.88. The van der Waals surface area contributed by atoms with E-state index < -0.39 is 22.4 Å². The Bertz CT molecular complexity index is 1010. The quantitative estimate of drug-likeness (QED) is 0.312. The number of amides is 1. The zero-order valence-corrected chi connectivity index (χ0v) is 17.0. The van der Waals surface area contributed by atoms with E-state index in [2.05, 4.69) is 26.5 Å². The van der Waals surface area contributed by atoms with E-state index in [0.29, 0.717) is 4.47 Å². The number of nitrogens with one attached hydrogen (secondary N) is 1. The molecule has 2 aromatic carbocycles. The lowest BCUT2D eigenvalue weighted by atomic mass is 10.1. The first-order chi connectivity index (χ1) is 14.2. The summed E-state index contributed by atoms with van der Waals surface area (Å²) in [6.07, 6.45) is 0.991. The maximum absolute atomic E-state index is 11.9. The van der Waals surface area contributed by atoms with Crippen molar-refractivity contribution in [2.24, 2.45) is 5.10 Å². The van der Waals surface area contributed by atoms with Crippen LogP contribution in [0.5, 0.6) is 17.2 Å². The van der Waals surface area contributed by atoms with Gasteiger partial charge in [0.2, 0.25) is 0 Å². The van der Waals surface area contributed by atoms with E-state index in [4.69, 9.17) is 9.47 Å². The van der Waals surface area contributed by atoms with Crippen molar-refractivity contribution in [2.75, 3.05) is 13.2 Å². The SMILES string of the molecule is CCOc1cc([N+](=O)[O-])cc(C=NNC(=O)COc2ccc(Br)cc2[N+](=O)[O-])c1O. The summed E-state index contributed by atoms with van der Waals surface area (Å²) in [5.41, 5.74) is 1.37. The van der Waals surface area contributed by atoms with Gasteiger partial charge in [-0.2, -0.15) is 5.10 Å². The van der Waals surface area contributed by atoms with Crippen LogP contribution >= 0.6 is 15.9 Å². The lowest BCUT2D eigenvalue weighted by Crippen LogP contribution is -2.24. The number of halogens is 1. The predicted octanol–water partition coefficient (Wildman–Crippen LogP) is 2.90. The molecule has 0 spiro atoms. The highest BCUT2D eigenvalue weighted by atomic mass is 79.9. The third-order valence-corrected chi connectivity index (χ3v) is 3.96. The number of nitro groups is 2. The minimum Gasteiger partial charge on any atom is -0.504 e. The number of carbonyl (C=O) groups is 1. The summed E-state index contributed by atoms with van der Waals surface area (Å²) in [4.78, 5) is 32.6. The van der Waals surface area contributed by atoms with Crippen LogP contribution in [0.2, 0.25) is 0 Å². The van der Waals surface area contributed by atoms with Crippen LogP contribution in [-0.2, 0) is 4.79 Å². The van der Waals surface area contributed by atoms with Gasteiger partial charge in [-0.1, -0.05) is 15.9 Å². The smallest absolute Gasteiger partial charge is 0.312 e. The van der Waals surface area contributed by atoms with Gasteiger partial charge in [-0.3, -0.25) is 25.0 Å². The molecule has 0 atom stereocenters. The van der Waals surface area contributed by atoms with Crippen LogP contribution in [0.15, 0.2) is 39.9 Å². The molecular weight excluding hydrogens is 468 g/mol. The van der Waals surface area contributed by atoms with Gasteiger partial charge in [-0.15, -0.1) is 0 Å². The molecule has 0 radical (unpaired) electrons. The van der Waals surface area contributed by atoms with Gasteiger partial charge in [-0.25, -0.2) is 5.43 Å². The number of phenols is 1. The molecule has 0 aliphatic carbocycles. The molecule has 0 aliphatic rings. The van der Waals surface area contributed by atoms with Gasteiger partial charge >= 0.3 is 5.69 Å². The van der Waals surface area contributed by atoms with Crippen molar-refractivity contribution in [3.05, 3.63) is 60.6 Å². The number of non-ortho nitro benzene ring substituents is 1. The van der Waals surface area contributed by atoms with Gasteiger partial charge < -0.3 is 14.6 Å². The Morgan fingerprint density at radius 1 is 1.20 bits per heavy atom. The van der Waals surface area contributed by atoms with Gasteiger partial charge in [0.1, 0.15) is 0 Å². The Morgan fingerprint density at radius 2 is 1.93 bits per heavy atom. The summed E-state index contributed by atoms with van der Waals surface area (Å²) >= 11 is 3.11. The van der Waals surface area contributed by atoms with E-state index in [1.807, 2.05) is 0 Å². The van der Waals surface area contributed by atoms with Crippen molar-refractivity contribution in [3.8, 4) is 17.2 Å². The Balaban J connectivity index is 2.06. The Kier molecular flexibility index (Phi) is 7.63. The van der Waals surface area contributed by atoms with Crippen LogP contribution in [-0.4, -0.2) is 40.3 Å². The fourth-order valence-corrected chi connectivity index (χ4v) is 2.54. The summed E-state index contributed by atoms with van der Waals surface area (Å²) < 4.78 is 10.7. The molecule has 0 saturated carbocycles. The highest BCUT2D eigenvalue weighted by Crippen LogP contribution is 2.34. The molecule has 0 aromatic heterocycles. The largest absolute Gasteiger partial charge is 0.504 e. The molecule has 158 valence electrons. The minimum atomic E-state index is -0.751. The maximum Gasteiger partial charge on any atom is 0.312 e. The topological polar surface area (TPSA) is 166 Å². The number of phenolic OH excluding ortho intramolecular Hbond substituents is 1. The Morgan fingerprint density at radius 3 is 2.57 bits per heavy atom. The number of aromatic hydroxyl groups is 1. The second-order valence-corrected chi connectivity index (χ2v) is 6.44. The predicted molar refractivity (Wildman–Crippen MR) is 108 cm³/mol. The van der Waals surface area contributed by atoms with Crippen LogP contribution in [0, 0.1) is 20.2 Å². The summed E-state index contributed by atoms with van der Waals surface area (Å²) in [5.74, 6) is -1.36. The molecule has 2 aromatic rings. The summed E-state index contributed by atoms with van der Waals surface area (Å²) in [5, 5.41) is 35.7. The number of nitrogens with zero attached hydrogens (tertiary/aromatic N) is 3. The molecule has 0 saturated heterocycles. The fraction of sp³-hybridized carbons (Fsp3) is 0.176. The molecule has 2 rings (SSSR count). The van der Waals surface area contributed by atoms with Crippen molar-refractivity contribution < 1.29 is 29.2 Å². The molecule has 1 amide bonds. The van der Waals surface area contributed by atoms with Crippen molar-refractivity contribution in [2.45, 2.75) is 6.92 Å². The number of rotatable bonds is 9. The van der Waals surface area contributed by atoms with Crippen molar-refractivity contribution >= 4 is 39.4 Å². The van der Waals surface area contributed by atoms with E-state index in [1.165, 1.54) is 18.2 Å². The fourth-order valence-electron chi connectivity index (χ4n) is 2.19. The van der Waals surface area contributed by atoms with Crippen molar-refractivity contribution in [3.63, 3.8) is 0 Å². The van der Waals surface area contributed by atoms with Crippen LogP contribution in [0.25, 0.3) is 0 Å². The Labute approximate surface area is 177 Å². The van der Waals surface area contributed by atoms with E-state index in [1.54, 1.807) is 6.92 Å². The number of ether oxygens (including phenoxy) is 2. The van der Waals surface area contributed by atoms with Crippen LogP contribution < -0.4 is 14.9 Å². The molecule has 0 fully saturated rings. The van der Waals surface area contributed by atoms with E-state index in [0.717, 1.165) is 18.3 Å². The average Bonchev–Trinajstić information content (AvgIpc) is 2.69. The zero-order chi connectivity index (χ0) is 22.3. The number of nitro benzene ring substituents is 2. The lowest BCUT2D eigenvalue weighted by molar-refractivity contribution is -0.385. The van der Waals surface area contributed by atoms with Crippen LogP contribution in [0.3, 0.4) is 0 Å². The molecule has 0 unspecified atom stereocenters. The molecule has 0 heterocycles. The highest BCUT2D eigenvalue weighted by molar-refractivity contribution is 9.10. The maximum atomic E-state index is 11.9. The molecule has 2 N–H and O–H groups in total. The first kappa shape index (κ1) is 22.5. The summed E-state index contributed by atoms with van der Waals surface area (Å²) in [7, 11) is 0. The highest BCUT2D eigenvalue weighted by Gasteiger charge is 2.18. The summed E-state index contributed by atoms with van der Waals surface area (Å²) in [6, 6.07) is 6.18. The molecule has 13 heteroatoms. The lowest BCUT2D eigenvalue weighted by Gasteiger charge is -2.08. The summed E-state index contributed by atoms with van der Waals surface area (Å²) in [6.45, 7) is 1.23. The second-order valence-electron chi connectivity index (χ2n) is 5.52. The van der Waals surface area contributed by atoms with E-state index in [-0.39, 0.29) is 40.8 Å². The first-order valence-electron chi connectivity index (χ1n) is 8.25. The average molecular weight is 483 g/mol. The molecule has 30 heavy (non-hydrogen) atoms. The number of hydrogen-bond donors (Lipinski definition) is 2. The first-order valence-corrected chi connectivity index (χ1v) is 9.05. The second kappa shape index (κ2) is 10.2. The van der Waals surface area contributed by atoms with Crippen LogP contribution in [0.1, 0.15) is 12.5 Å². The molecule has 0 bridgehead atoms. The van der Waals surface area contributed by atoms with Gasteiger partial charge in [0.25, 0.3) is 11.6 Å². The molecular formula is C17H15BrN4O8. The van der Waals surface area contributed by atoms with Gasteiger partial charge in [0, 0.05) is 22.2 Å².